The minimum Gasteiger partial charge on any atom is -0.343 e. The quantitative estimate of drug-likeness (QED) is 0.506. The Morgan fingerprint density at radius 3 is 1.95 bits per heavy atom. The topological polar surface area (TPSA) is 23.6 Å². The van der Waals surface area contributed by atoms with Crippen LogP contribution < -0.4 is 0 Å². The maximum absolute atomic E-state index is 11.5. The van der Waals surface area contributed by atoms with E-state index in [4.69, 9.17) is 0 Å². The molecule has 1 amide bonds. The summed E-state index contributed by atoms with van der Waals surface area (Å²) in [4.78, 5) is 16.0. The zero-order valence-corrected chi connectivity index (χ0v) is 13.6. The molecule has 0 aromatic rings. The summed E-state index contributed by atoms with van der Waals surface area (Å²) in [5, 5.41) is 0. The first kappa shape index (κ1) is 18.4. The molecule has 0 atom stereocenters. The van der Waals surface area contributed by atoms with Crippen molar-refractivity contribution in [2.75, 3.05) is 32.7 Å². The molecule has 0 bridgehead atoms. The third-order valence-corrected chi connectivity index (χ3v) is 3.62. The lowest BCUT2D eigenvalue weighted by molar-refractivity contribution is -0.129. The average Bonchev–Trinajstić information content (AvgIpc) is 2.40. The van der Waals surface area contributed by atoms with Gasteiger partial charge in [-0.05, 0) is 45.3 Å². The van der Waals surface area contributed by atoms with Crippen molar-refractivity contribution in [1.29, 1.82) is 0 Å². The molecule has 3 heteroatoms. The number of carbonyl (C=O) groups excluding carboxylic acids is 1. The normalized spacial score (nSPS) is 11.0. The summed E-state index contributed by atoms with van der Waals surface area (Å²) in [6.07, 6.45) is 7.16. The van der Waals surface area contributed by atoms with Crippen LogP contribution in [0.1, 0.15) is 66.2 Å². The van der Waals surface area contributed by atoms with E-state index in [1.807, 2.05) is 4.90 Å². The molecule has 0 heterocycles. The fourth-order valence-corrected chi connectivity index (χ4v) is 2.33. The highest BCUT2D eigenvalue weighted by Crippen LogP contribution is 2.03. The molecule has 0 aliphatic carbocycles. The minimum atomic E-state index is 0.231. The number of nitrogens with zero attached hydrogens (tertiary/aromatic N) is 2. The highest BCUT2D eigenvalue weighted by atomic mass is 16.2. The highest BCUT2D eigenvalue weighted by Gasteiger charge is 2.07. The molecule has 0 radical (unpaired) electrons. The Morgan fingerprint density at radius 1 is 0.789 bits per heavy atom. The number of unbranched alkanes of at least 4 members (excludes halogenated alkanes) is 3. The zero-order valence-electron chi connectivity index (χ0n) is 13.6. The molecule has 0 aliphatic rings. The van der Waals surface area contributed by atoms with Gasteiger partial charge in [0.1, 0.15) is 0 Å². The maximum Gasteiger partial charge on any atom is 0.219 e. The van der Waals surface area contributed by atoms with Crippen molar-refractivity contribution < 1.29 is 4.79 Å². The molecule has 0 spiro atoms. The van der Waals surface area contributed by atoms with Crippen molar-refractivity contribution in [3.8, 4) is 0 Å². The van der Waals surface area contributed by atoms with Gasteiger partial charge in [-0.2, -0.15) is 0 Å². The Kier molecular flexibility index (Phi) is 12.1. The molecule has 0 fully saturated rings. The van der Waals surface area contributed by atoms with Crippen LogP contribution in [0.4, 0.5) is 0 Å². The molecule has 0 unspecified atom stereocenters. The lowest BCUT2D eigenvalue weighted by Gasteiger charge is -2.22. The van der Waals surface area contributed by atoms with Gasteiger partial charge in [-0.3, -0.25) is 4.79 Å². The first-order chi connectivity index (χ1) is 9.15. The number of rotatable bonds is 12. The van der Waals surface area contributed by atoms with Crippen molar-refractivity contribution in [3.63, 3.8) is 0 Å². The number of hydrogen-bond donors (Lipinski definition) is 0. The predicted octanol–water partition coefficient (Wildman–Crippen LogP) is 3.54. The molecule has 0 N–H and O–H groups in total. The van der Waals surface area contributed by atoms with Gasteiger partial charge in [0.15, 0.2) is 0 Å². The largest absolute Gasteiger partial charge is 0.343 e. The SMILES string of the molecule is CCCCN(CCCCCN(CC)CCC)C(C)=O. The smallest absolute Gasteiger partial charge is 0.219 e. The van der Waals surface area contributed by atoms with Gasteiger partial charge in [0.25, 0.3) is 0 Å². The number of amides is 1. The van der Waals surface area contributed by atoms with Crippen LogP contribution in [0.3, 0.4) is 0 Å². The lowest BCUT2D eigenvalue weighted by atomic mass is 10.2. The minimum absolute atomic E-state index is 0.231. The van der Waals surface area contributed by atoms with Gasteiger partial charge in [-0.15, -0.1) is 0 Å². The van der Waals surface area contributed by atoms with Gasteiger partial charge in [-0.25, -0.2) is 0 Å². The van der Waals surface area contributed by atoms with E-state index >= 15 is 0 Å². The van der Waals surface area contributed by atoms with Crippen molar-refractivity contribution >= 4 is 5.91 Å². The van der Waals surface area contributed by atoms with Crippen LogP contribution in [0.5, 0.6) is 0 Å². The Balaban J connectivity index is 3.66. The third kappa shape index (κ3) is 9.94. The van der Waals surface area contributed by atoms with Gasteiger partial charge in [0, 0.05) is 20.0 Å². The van der Waals surface area contributed by atoms with Gasteiger partial charge in [0.2, 0.25) is 5.91 Å². The summed E-state index contributed by atoms with van der Waals surface area (Å²) >= 11 is 0. The molecule has 0 aliphatic heterocycles. The van der Waals surface area contributed by atoms with Crippen LogP contribution in [0.15, 0.2) is 0 Å². The van der Waals surface area contributed by atoms with E-state index in [1.165, 1.54) is 32.4 Å². The molecule has 19 heavy (non-hydrogen) atoms. The molecule has 0 saturated heterocycles. The summed E-state index contributed by atoms with van der Waals surface area (Å²) in [7, 11) is 0. The van der Waals surface area contributed by atoms with Crippen molar-refractivity contribution in [2.24, 2.45) is 0 Å². The molecule has 114 valence electrons. The number of carbonyl (C=O) groups is 1. The zero-order chi connectivity index (χ0) is 14.5. The average molecular weight is 270 g/mol. The van der Waals surface area contributed by atoms with Gasteiger partial charge in [-0.1, -0.05) is 33.6 Å². The molecule has 0 aromatic carbocycles. The van der Waals surface area contributed by atoms with E-state index in [0.717, 1.165) is 38.9 Å². The first-order valence-electron chi connectivity index (χ1n) is 8.13. The summed E-state index contributed by atoms with van der Waals surface area (Å²) in [5.74, 6) is 0.231. The molecule has 0 aromatic heterocycles. The van der Waals surface area contributed by atoms with Crippen LogP contribution in [0, 0.1) is 0 Å². The molecular formula is C16H34N2O. The van der Waals surface area contributed by atoms with E-state index in [-0.39, 0.29) is 5.91 Å². The summed E-state index contributed by atoms with van der Waals surface area (Å²) < 4.78 is 0. The van der Waals surface area contributed by atoms with Crippen molar-refractivity contribution in [3.05, 3.63) is 0 Å². The summed E-state index contributed by atoms with van der Waals surface area (Å²) in [6.45, 7) is 13.8. The fraction of sp³-hybridized carbons (Fsp3) is 0.938. The molecule has 0 saturated carbocycles. The Morgan fingerprint density at radius 2 is 1.42 bits per heavy atom. The van der Waals surface area contributed by atoms with Crippen molar-refractivity contribution in [2.45, 2.75) is 66.2 Å². The van der Waals surface area contributed by atoms with Gasteiger partial charge >= 0.3 is 0 Å². The predicted molar refractivity (Wildman–Crippen MR) is 83.4 cm³/mol. The second-order valence-corrected chi connectivity index (χ2v) is 5.35. The van der Waals surface area contributed by atoms with Crippen molar-refractivity contribution in [1.82, 2.24) is 9.80 Å². The first-order valence-corrected chi connectivity index (χ1v) is 8.13. The molecule has 3 nitrogen and oxygen atoms in total. The Labute approximate surface area is 120 Å². The van der Waals surface area contributed by atoms with Crippen LogP contribution in [-0.4, -0.2) is 48.4 Å². The maximum atomic E-state index is 11.5. The summed E-state index contributed by atoms with van der Waals surface area (Å²) in [6, 6.07) is 0. The Hall–Kier alpha value is -0.570. The van der Waals surface area contributed by atoms with Crippen LogP contribution in [0.2, 0.25) is 0 Å². The highest BCUT2D eigenvalue weighted by molar-refractivity contribution is 5.73. The number of hydrogen-bond acceptors (Lipinski definition) is 2. The van der Waals surface area contributed by atoms with E-state index < -0.39 is 0 Å². The molecule has 0 rings (SSSR count). The third-order valence-electron chi connectivity index (χ3n) is 3.62. The fourth-order valence-electron chi connectivity index (χ4n) is 2.33. The van der Waals surface area contributed by atoms with Gasteiger partial charge < -0.3 is 9.80 Å². The van der Waals surface area contributed by atoms with Crippen LogP contribution in [0.25, 0.3) is 0 Å². The van der Waals surface area contributed by atoms with Gasteiger partial charge in [0.05, 0.1) is 0 Å². The monoisotopic (exact) mass is 270 g/mol. The Bertz CT molecular complexity index is 219. The second kappa shape index (κ2) is 12.5. The van der Waals surface area contributed by atoms with E-state index in [0.29, 0.717) is 0 Å². The standard InChI is InChI=1S/C16H34N2O/c1-5-8-14-18(16(4)19)15-11-9-10-13-17(7-3)12-6-2/h5-15H2,1-4H3. The summed E-state index contributed by atoms with van der Waals surface area (Å²) in [5.41, 5.74) is 0. The van der Waals surface area contributed by atoms with E-state index in [9.17, 15) is 4.79 Å². The van der Waals surface area contributed by atoms with Crippen LogP contribution >= 0.6 is 0 Å². The lowest BCUT2D eigenvalue weighted by Crippen LogP contribution is -2.31. The van der Waals surface area contributed by atoms with E-state index in [2.05, 4.69) is 25.7 Å². The van der Waals surface area contributed by atoms with Crippen LogP contribution in [-0.2, 0) is 4.79 Å². The molecular weight excluding hydrogens is 236 g/mol. The van der Waals surface area contributed by atoms with E-state index in [1.54, 1.807) is 6.92 Å². The second-order valence-electron chi connectivity index (χ2n) is 5.35.